The summed E-state index contributed by atoms with van der Waals surface area (Å²) in [5, 5.41) is 16.9. The average molecular weight is 771 g/mol. The summed E-state index contributed by atoms with van der Waals surface area (Å²) in [5.74, 6) is 1.72. The van der Waals surface area contributed by atoms with Gasteiger partial charge >= 0.3 is 0 Å². The number of aromatic nitrogens is 5. The third-order valence-corrected chi connectivity index (χ3v) is 12.6. The maximum atomic E-state index is 9.42. The van der Waals surface area contributed by atoms with E-state index in [9.17, 15) is 5.26 Å². The maximum absolute atomic E-state index is 9.42. The average Bonchev–Trinajstić information content (AvgIpc) is 3.98. The van der Waals surface area contributed by atoms with Crippen molar-refractivity contribution in [2.24, 2.45) is 0 Å². The Morgan fingerprint density at radius 3 is 1.47 bits per heavy atom. The highest BCUT2D eigenvalue weighted by Gasteiger charge is 2.26. The molecule has 59 heavy (non-hydrogen) atoms. The van der Waals surface area contributed by atoms with E-state index in [1.165, 1.54) is 58.3 Å². The number of fused-ring (bicyclic) bond motifs is 12. The Balaban J connectivity index is 1.13. The molecule has 8 aromatic carbocycles. The third-order valence-electron chi connectivity index (χ3n) is 11.4. The molecule has 4 heterocycles. The van der Waals surface area contributed by atoms with E-state index in [1.54, 1.807) is 12.1 Å². The zero-order valence-corrected chi connectivity index (χ0v) is 32.2. The highest BCUT2D eigenvalue weighted by atomic mass is 32.1. The van der Waals surface area contributed by atoms with Crippen LogP contribution in [0.1, 0.15) is 5.56 Å². The lowest BCUT2D eigenvalue weighted by atomic mass is 10.0. The maximum Gasteiger partial charge on any atom is 0.164 e. The summed E-state index contributed by atoms with van der Waals surface area (Å²) in [4.78, 5) is 14.9. The smallest absolute Gasteiger partial charge is 0.164 e. The number of benzene rings is 8. The van der Waals surface area contributed by atoms with Gasteiger partial charge in [-0.3, -0.25) is 0 Å². The molecule has 0 fully saturated rings. The second-order valence-electron chi connectivity index (χ2n) is 14.7. The predicted octanol–water partition coefficient (Wildman–Crippen LogP) is 13.3. The summed E-state index contributed by atoms with van der Waals surface area (Å²) < 4.78 is 7.43. The molecule has 0 N–H and O–H groups in total. The minimum Gasteiger partial charge on any atom is -0.309 e. The van der Waals surface area contributed by atoms with Gasteiger partial charge in [0.25, 0.3) is 0 Å². The van der Waals surface area contributed by atoms with Crippen molar-refractivity contribution in [3.8, 4) is 51.6 Å². The van der Waals surface area contributed by atoms with Gasteiger partial charge in [-0.2, -0.15) is 5.26 Å². The topological polar surface area (TPSA) is 72.3 Å². The Morgan fingerprint density at radius 2 is 0.864 bits per heavy atom. The first-order valence-electron chi connectivity index (χ1n) is 19.5. The van der Waals surface area contributed by atoms with Gasteiger partial charge in [0, 0.05) is 65.1 Å². The van der Waals surface area contributed by atoms with Crippen LogP contribution in [0.3, 0.4) is 0 Å². The van der Waals surface area contributed by atoms with Crippen LogP contribution in [-0.2, 0) is 0 Å². The van der Waals surface area contributed by atoms with E-state index < -0.39 is 0 Å². The van der Waals surface area contributed by atoms with Gasteiger partial charge < -0.3 is 9.13 Å². The Kier molecular flexibility index (Phi) is 7.36. The summed E-state index contributed by atoms with van der Waals surface area (Å²) in [6.45, 7) is 0. The van der Waals surface area contributed by atoms with Gasteiger partial charge in [0.2, 0.25) is 0 Å². The molecule has 0 radical (unpaired) electrons. The van der Waals surface area contributed by atoms with E-state index in [4.69, 9.17) is 15.0 Å². The molecule has 6 nitrogen and oxygen atoms in total. The van der Waals surface area contributed by atoms with Crippen LogP contribution in [-0.4, -0.2) is 24.1 Å². The fourth-order valence-corrected chi connectivity index (χ4v) is 10.0. The molecule has 0 amide bonds. The molecule has 0 saturated carbocycles. The molecule has 274 valence electrons. The molecule has 12 rings (SSSR count). The molecular formula is C52H30N6S. The molecule has 0 unspecified atom stereocenters. The molecule has 0 aliphatic rings. The van der Waals surface area contributed by atoms with Gasteiger partial charge in [0.05, 0.1) is 38.4 Å². The Morgan fingerprint density at radius 1 is 0.407 bits per heavy atom. The predicted molar refractivity (Wildman–Crippen MR) is 242 cm³/mol. The highest BCUT2D eigenvalue weighted by molar-refractivity contribution is 7.27. The Bertz CT molecular complexity index is 3650. The Hall–Kier alpha value is -7.92. The zero-order valence-electron chi connectivity index (χ0n) is 31.4. The van der Waals surface area contributed by atoms with Crippen molar-refractivity contribution >= 4 is 75.1 Å². The molecule has 0 atom stereocenters. The number of para-hydroxylation sites is 3. The molecule has 12 aromatic rings. The lowest BCUT2D eigenvalue weighted by Crippen LogP contribution is -2.00. The summed E-state index contributed by atoms with van der Waals surface area (Å²) in [6, 6.07) is 65.4. The number of nitriles is 1. The quantitative estimate of drug-likeness (QED) is 0.175. The van der Waals surface area contributed by atoms with Gasteiger partial charge in [-0.05, 0) is 78.9 Å². The van der Waals surface area contributed by atoms with Crippen molar-refractivity contribution in [2.75, 3.05) is 0 Å². The number of hydrogen-bond donors (Lipinski definition) is 0. The van der Waals surface area contributed by atoms with Crippen molar-refractivity contribution in [1.29, 1.82) is 5.26 Å². The van der Waals surface area contributed by atoms with E-state index in [0.717, 1.165) is 33.6 Å². The standard InChI is InChI=1S/C52H30N6S/c53-31-32-23-25-34(26-24-32)51-54-50(33-13-3-1-4-14-33)55-52(56-51)35-27-29-37(30-28-35)58-42-21-11-8-18-39(42)45-44-38-17-7-10-20-41(38)57(36-15-5-2-6-16-36)47(44)46-40-19-9-12-22-43(40)59-49(46)48(45)58/h1-30H. The fourth-order valence-electron chi connectivity index (χ4n) is 8.80. The van der Waals surface area contributed by atoms with Crippen molar-refractivity contribution in [3.63, 3.8) is 0 Å². The molecular weight excluding hydrogens is 741 g/mol. The summed E-state index contributed by atoms with van der Waals surface area (Å²) in [5.41, 5.74) is 10.1. The van der Waals surface area contributed by atoms with Crippen LogP contribution in [0.4, 0.5) is 0 Å². The zero-order chi connectivity index (χ0) is 39.0. The van der Waals surface area contributed by atoms with Crippen LogP contribution in [0.15, 0.2) is 182 Å². The van der Waals surface area contributed by atoms with Gasteiger partial charge in [0.1, 0.15) is 0 Å². The van der Waals surface area contributed by atoms with E-state index in [1.807, 2.05) is 53.8 Å². The first-order valence-corrected chi connectivity index (χ1v) is 20.3. The van der Waals surface area contributed by atoms with E-state index in [2.05, 4.69) is 143 Å². The molecule has 0 spiro atoms. The van der Waals surface area contributed by atoms with Crippen LogP contribution in [0.5, 0.6) is 0 Å². The van der Waals surface area contributed by atoms with Gasteiger partial charge in [-0.15, -0.1) is 11.3 Å². The van der Waals surface area contributed by atoms with Crippen LogP contribution in [0.25, 0.3) is 109 Å². The lowest BCUT2D eigenvalue weighted by molar-refractivity contribution is 1.07. The lowest BCUT2D eigenvalue weighted by Gasteiger charge is -2.12. The van der Waals surface area contributed by atoms with Crippen LogP contribution in [0, 0.1) is 11.3 Å². The van der Waals surface area contributed by atoms with Crippen LogP contribution in [0.2, 0.25) is 0 Å². The van der Waals surface area contributed by atoms with Crippen molar-refractivity contribution < 1.29 is 0 Å². The normalized spacial score (nSPS) is 11.7. The molecule has 0 aliphatic heterocycles. The van der Waals surface area contributed by atoms with Crippen molar-refractivity contribution in [1.82, 2.24) is 24.1 Å². The van der Waals surface area contributed by atoms with E-state index in [-0.39, 0.29) is 0 Å². The van der Waals surface area contributed by atoms with Crippen LogP contribution < -0.4 is 0 Å². The second kappa shape index (κ2) is 13.1. The summed E-state index contributed by atoms with van der Waals surface area (Å²) >= 11 is 1.87. The minimum atomic E-state index is 0.552. The van der Waals surface area contributed by atoms with Crippen molar-refractivity contribution in [3.05, 3.63) is 188 Å². The van der Waals surface area contributed by atoms with E-state index in [0.29, 0.717) is 23.0 Å². The van der Waals surface area contributed by atoms with Gasteiger partial charge in [0.15, 0.2) is 17.5 Å². The number of rotatable bonds is 5. The first-order chi connectivity index (χ1) is 29.2. The summed E-state index contributed by atoms with van der Waals surface area (Å²) in [6.07, 6.45) is 0. The molecule has 0 bridgehead atoms. The SMILES string of the molecule is N#Cc1ccc(-c2nc(-c3ccccc3)nc(-c3ccc(-n4c5ccccc5c5c6c7ccccc7n(-c7ccccc7)c6c6c7ccccc7sc6c54)cc3)n2)cc1. The number of thiophene rings is 1. The first kappa shape index (κ1) is 33.2. The second-order valence-corrected chi connectivity index (χ2v) is 15.8. The van der Waals surface area contributed by atoms with Crippen molar-refractivity contribution in [2.45, 2.75) is 0 Å². The van der Waals surface area contributed by atoms with Crippen LogP contribution >= 0.6 is 11.3 Å². The summed E-state index contributed by atoms with van der Waals surface area (Å²) in [7, 11) is 0. The monoisotopic (exact) mass is 770 g/mol. The number of hydrogen-bond acceptors (Lipinski definition) is 5. The minimum absolute atomic E-state index is 0.552. The van der Waals surface area contributed by atoms with Gasteiger partial charge in [-0.25, -0.2) is 15.0 Å². The third kappa shape index (κ3) is 5.07. The molecule has 0 aliphatic carbocycles. The molecule has 0 saturated heterocycles. The number of nitrogens with zero attached hydrogens (tertiary/aromatic N) is 6. The largest absolute Gasteiger partial charge is 0.309 e. The van der Waals surface area contributed by atoms with E-state index >= 15 is 0 Å². The molecule has 7 heteroatoms. The highest BCUT2D eigenvalue weighted by Crippen LogP contribution is 2.51. The fraction of sp³-hybridized carbons (Fsp3) is 0. The Labute approximate surface area is 342 Å². The molecule has 4 aromatic heterocycles. The van der Waals surface area contributed by atoms with Gasteiger partial charge in [-0.1, -0.05) is 103 Å².